The zero-order valence-electron chi connectivity index (χ0n) is 14.2. The Morgan fingerprint density at radius 1 is 1.14 bits per heavy atom. The van der Waals surface area contributed by atoms with E-state index in [1.54, 1.807) is 24.3 Å². The Balaban J connectivity index is 2.16. The van der Waals surface area contributed by atoms with Gasteiger partial charge in [-0.25, -0.2) is 9.59 Å². The topological polar surface area (TPSA) is 129 Å². The first-order valence-electron chi connectivity index (χ1n) is 7.84. The lowest BCUT2D eigenvalue weighted by Gasteiger charge is -2.16. The average Bonchev–Trinajstić information content (AvgIpc) is 2.65. The van der Waals surface area contributed by atoms with Gasteiger partial charge in [0.1, 0.15) is 0 Å². The molecule has 1 heterocycles. The minimum absolute atomic E-state index is 0.0142. The predicted octanol–water partition coefficient (Wildman–Crippen LogP) is 3.23. The van der Waals surface area contributed by atoms with Crippen molar-refractivity contribution in [2.24, 2.45) is 0 Å². The van der Waals surface area contributed by atoms with Crippen LogP contribution in [0.5, 0.6) is 0 Å². The Morgan fingerprint density at radius 2 is 1.72 bits per heavy atom. The fourth-order valence-electron chi connectivity index (χ4n) is 2.64. The van der Waals surface area contributed by atoms with Crippen molar-refractivity contribution in [3.05, 3.63) is 89.1 Å². The van der Waals surface area contributed by atoms with Crippen LogP contribution in [-0.2, 0) is 0 Å². The summed E-state index contributed by atoms with van der Waals surface area (Å²) in [5, 5.41) is 22.8. The van der Waals surface area contributed by atoms with Gasteiger partial charge in [-0.3, -0.25) is 9.78 Å². The monoisotopic (exact) mass is 455 g/mol. The fourth-order valence-corrected chi connectivity index (χ4v) is 3.46. The van der Waals surface area contributed by atoms with E-state index >= 15 is 0 Å². The summed E-state index contributed by atoms with van der Waals surface area (Å²) in [4.78, 5) is 36.6. The van der Waals surface area contributed by atoms with Gasteiger partial charge in [0.05, 0.1) is 17.7 Å². The van der Waals surface area contributed by atoms with Crippen LogP contribution in [-0.4, -0.2) is 25.8 Å². The lowest BCUT2D eigenvalue weighted by Crippen LogP contribution is -2.35. The summed E-state index contributed by atoms with van der Waals surface area (Å²) in [7, 11) is 0. The lowest BCUT2D eigenvalue weighted by atomic mass is 9.92. The summed E-state index contributed by atoms with van der Waals surface area (Å²) >= 11 is 18.5. The molecule has 0 aliphatic rings. The molecule has 2 aromatic carbocycles. The second-order valence-electron chi connectivity index (χ2n) is 5.76. The summed E-state index contributed by atoms with van der Waals surface area (Å²) in [6, 6.07) is 11.3. The average molecular weight is 457 g/mol. The third kappa shape index (κ3) is 4.03. The molecule has 11 heteroatoms. The molecule has 3 rings (SSSR count). The van der Waals surface area contributed by atoms with Crippen LogP contribution in [0.2, 0.25) is 15.1 Å². The van der Waals surface area contributed by atoms with Gasteiger partial charge in [0, 0.05) is 20.6 Å². The number of nitriles is 1. The minimum Gasteiger partial charge on any atom is -0.476 e. The number of aromatic nitrogens is 3. The number of aromatic amines is 1. The number of carbonyl (C=O) groups is 1. The number of H-pyrrole nitrogens is 1. The number of rotatable bonds is 4. The Bertz CT molecular complexity index is 1250. The van der Waals surface area contributed by atoms with Crippen LogP contribution in [0.1, 0.15) is 27.5 Å². The van der Waals surface area contributed by atoms with Gasteiger partial charge >= 0.3 is 11.7 Å². The van der Waals surface area contributed by atoms with E-state index in [4.69, 9.17) is 39.9 Å². The second-order valence-corrected chi connectivity index (χ2v) is 7.01. The smallest absolute Gasteiger partial charge is 0.362 e. The third-order valence-electron chi connectivity index (χ3n) is 3.96. The van der Waals surface area contributed by atoms with Crippen LogP contribution in [0.25, 0.3) is 5.69 Å². The summed E-state index contributed by atoms with van der Waals surface area (Å²) < 4.78 is 0.649. The number of aromatic carboxylic acids is 1. The molecule has 0 amide bonds. The third-order valence-corrected chi connectivity index (χ3v) is 4.84. The highest BCUT2D eigenvalue weighted by atomic mass is 35.5. The number of halogens is 3. The molecule has 0 aliphatic carbocycles. The van der Waals surface area contributed by atoms with Crippen molar-refractivity contribution in [2.45, 2.75) is 5.92 Å². The van der Waals surface area contributed by atoms with Crippen LogP contribution in [0.4, 0.5) is 0 Å². The molecule has 2 N–H and O–H groups in total. The molecule has 1 unspecified atom stereocenters. The quantitative estimate of drug-likeness (QED) is 0.620. The molecule has 29 heavy (non-hydrogen) atoms. The van der Waals surface area contributed by atoms with Gasteiger partial charge < -0.3 is 5.11 Å². The standard InChI is InChI=1S/C18H9Cl3N4O4/c19-9-3-1-8(2-4-9)11(7-22)14-12(20)5-10(6-13(14)21)25-18(29)23-16(26)15(24-25)17(27)28/h1-6,11H,(H,27,28)(H,23,26,29)/i15+1,16+1,18+1,23+1,24+1. The maximum Gasteiger partial charge on any atom is 0.362 e. The zero-order valence-corrected chi connectivity index (χ0v) is 16.5. The van der Waals surface area contributed by atoms with Crippen molar-refractivity contribution in [2.75, 3.05) is 0 Å². The lowest BCUT2D eigenvalue weighted by molar-refractivity contribution is 0.0685. The summed E-state index contributed by atoms with van der Waals surface area (Å²) in [6.07, 6.45) is 0. The molecule has 3 aromatic rings. The van der Waals surface area contributed by atoms with Crippen molar-refractivity contribution in [1.82, 2.24) is 14.8 Å². The molecule has 0 radical (unpaired) electrons. The van der Waals surface area contributed by atoms with Gasteiger partial charge in [-0.1, -0.05) is 46.9 Å². The molecule has 0 bridgehead atoms. The summed E-state index contributed by atoms with van der Waals surface area (Å²) in [6.45, 7) is 0. The molecule has 0 saturated heterocycles. The number of carboxylic acids is 1. The molecule has 8 nitrogen and oxygen atoms in total. The Kier molecular flexibility index (Phi) is 5.75. The highest BCUT2D eigenvalue weighted by Crippen LogP contribution is 2.37. The first-order valence-corrected chi connectivity index (χ1v) is 8.97. The molecule has 1 aromatic heterocycles. The predicted molar refractivity (Wildman–Crippen MR) is 106 cm³/mol. The highest BCUT2D eigenvalue weighted by Gasteiger charge is 2.22. The Labute approximate surface area is 177 Å². The van der Waals surface area contributed by atoms with Gasteiger partial charge in [-0.15, -0.1) is 0 Å². The second kappa shape index (κ2) is 8.09. The molecule has 0 fully saturated rings. The van der Waals surface area contributed by atoms with E-state index in [1.807, 2.05) is 4.98 Å². The number of benzene rings is 2. The van der Waals surface area contributed by atoms with Gasteiger partial charge in [0.25, 0.3) is 5.56 Å². The molecular formula is C18H9Cl3N4O4. The SMILES string of the molecule is N#CC(c1ccc(Cl)cc1)c1c(Cl)cc(-n2[15n][13c](C(=O)O)[13c](=O)[15nH][13c]2=O)cc1Cl. The van der Waals surface area contributed by atoms with Crippen LogP contribution < -0.4 is 11.2 Å². The van der Waals surface area contributed by atoms with E-state index < -0.39 is 28.8 Å². The Morgan fingerprint density at radius 3 is 2.24 bits per heavy atom. The minimum atomic E-state index is -1.61. The molecular weight excluding hydrogens is 448 g/mol. The summed E-state index contributed by atoms with van der Waals surface area (Å²) in [5.74, 6) is -2.43. The van der Waals surface area contributed by atoms with E-state index in [1.165, 1.54) is 12.1 Å². The number of hydrogen-bond donors (Lipinski definition) is 2. The van der Waals surface area contributed by atoms with Crippen molar-refractivity contribution in [3.8, 4) is 11.8 Å². The van der Waals surface area contributed by atoms with Crippen LogP contribution >= 0.6 is 34.8 Å². The van der Waals surface area contributed by atoms with Crippen molar-refractivity contribution >= 4 is 40.8 Å². The number of nitrogens with one attached hydrogen (secondary N) is 1. The largest absolute Gasteiger partial charge is 0.476 e. The van der Waals surface area contributed by atoms with Crippen LogP contribution in [0.15, 0.2) is 46.0 Å². The van der Waals surface area contributed by atoms with Crippen LogP contribution in [0, 0.1) is 11.3 Å². The molecule has 0 spiro atoms. The van der Waals surface area contributed by atoms with Crippen molar-refractivity contribution < 1.29 is 9.90 Å². The molecule has 146 valence electrons. The highest BCUT2D eigenvalue weighted by molar-refractivity contribution is 6.36. The van der Waals surface area contributed by atoms with Crippen molar-refractivity contribution in [1.29, 1.82) is 5.26 Å². The van der Waals surface area contributed by atoms with E-state index in [-0.39, 0.29) is 21.3 Å². The van der Waals surface area contributed by atoms with Gasteiger partial charge in [-0.2, -0.15) is 15.0 Å². The van der Waals surface area contributed by atoms with Gasteiger partial charge in [-0.05, 0) is 29.8 Å². The number of carboxylic acid groups (broad SMARTS) is 1. The van der Waals surface area contributed by atoms with E-state index in [2.05, 4.69) is 11.2 Å². The van der Waals surface area contributed by atoms with E-state index in [0.717, 1.165) is 0 Å². The number of hydrogen-bond acceptors (Lipinski definition) is 5. The summed E-state index contributed by atoms with van der Waals surface area (Å²) in [5.41, 5.74) is -2.09. The number of nitrogens with zero attached hydrogens (tertiary/aromatic N) is 3. The first kappa shape index (κ1) is 20.6. The maximum atomic E-state index is 12.1. The van der Waals surface area contributed by atoms with Gasteiger partial charge in [0.15, 0.2) is 0 Å². The molecule has 0 saturated carbocycles. The zero-order chi connectivity index (χ0) is 21.3. The Hall–Kier alpha value is -3.12. The van der Waals surface area contributed by atoms with E-state index in [0.29, 0.717) is 15.3 Å². The normalized spacial score (nSPS) is 11.7. The fraction of sp³-hybridized carbons (Fsp3) is 0.0556. The van der Waals surface area contributed by atoms with Crippen LogP contribution in [0.3, 0.4) is 0 Å². The van der Waals surface area contributed by atoms with Gasteiger partial charge in [0.2, 0.25) is 5.69 Å². The van der Waals surface area contributed by atoms with Crippen molar-refractivity contribution in [3.63, 3.8) is 0 Å². The first-order chi connectivity index (χ1) is 13.7. The maximum absolute atomic E-state index is 12.1. The molecule has 1 atom stereocenters. The van der Waals surface area contributed by atoms with E-state index in [9.17, 15) is 19.6 Å². The molecule has 0 aliphatic heterocycles.